The summed E-state index contributed by atoms with van der Waals surface area (Å²) < 4.78 is 7.63. The Bertz CT molecular complexity index is 991. The molecule has 3 aromatic rings. The van der Waals surface area contributed by atoms with Crippen LogP contribution in [0.5, 0.6) is 5.75 Å². The summed E-state index contributed by atoms with van der Waals surface area (Å²) in [6.07, 6.45) is 2.79. The van der Waals surface area contributed by atoms with E-state index in [1.165, 1.54) is 0 Å². The van der Waals surface area contributed by atoms with Gasteiger partial charge in [0, 0.05) is 19.0 Å². The number of thiazole rings is 1. The molecule has 29 heavy (non-hydrogen) atoms. The fourth-order valence-corrected chi connectivity index (χ4v) is 4.22. The van der Waals surface area contributed by atoms with Crippen molar-refractivity contribution >= 4 is 22.3 Å². The number of hydrogen-bond acceptors (Lipinski definition) is 6. The lowest BCUT2D eigenvalue weighted by Crippen LogP contribution is -2.25. The zero-order valence-electron chi connectivity index (χ0n) is 16.8. The van der Waals surface area contributed by atoms with Gasteiger partial charge < -0.3 is 9.30 Å². The maximum absolute atomic E-state index is 12.0. The van der Waals surface area contributed by atoms with Crippen molar-refractivity contribution in [3.8, 4) is 16.2 Å². The molecule has 6 nitrogen and oxygen atoms in total. The number of aromatic nitrogens is 2. The van der Waals surface area contributed by atoms with Crippen LogP contribution in [0.25, 0.3) is 10.4 Å². The first-order chi connectivity index (χ1) is 14.0. The Morgan fingerprint density at radius 1 is 1.28 bits per heavy atom. The van der Waals surface area contributed by atoms with Gasteiger partial charge in [-0.05, 0) is 54.8 Å². The predicted octanol–water partition coefficient (Wildman–Crippen LogP) is 5.47. The highest BCUT2D eigenvalue weighted by atomic mass is 32.1. The number of benzene rings is 1. The van der Waals surface area contributed by atoms with Gasteiger partial charge in [0.05, 0.1) is 22.9 Å². The minimum absolute atomic E-state index is 0.156. The van der Waals surface area contributed by atoms with Crippen molar-refractivity contribution in [3.63, 3.8) is 0 Å². The maximum Gasteiger partial charge on any atom is 0.207 e. The molecule has 1 aromatic carbocycles. The van der Waals surface area contributed by atoms with Crippen molar-refractivity contribution in [2.45, 2.75) is 39.8 Å². The molecule has 2 aromatic heterocycles. The van der Waals surface area contributed by atoms with E-state index < -0.39 is 0 Å². The molecule has 1 unspecified atom stereocenters. The van der Waals surface area contributed by atoms with Gasteiger partial charge in [0.2, 0.25) is 5.13 Å². The smallest absolute Gasteiger partial charge is 0.207 e. The van der Waals surface area contributed by atoms with Crippen LogP contribution in [0.15, 0.2) is 42.6 Å². The summed E-state index contributed by atoms with van der Waals surface area (Å²) in [7, 11) is 0. The second-order valence-corrected chi connectivity index (χ2v) is 8.60. The largest absolute Gasteiger partial charge is 0.493 e. The molecular weight excluding hydrogens is 386 g/mol. The summed E-state index contributed by atoms with van der Waals surface area (Å²) in [5, 5.41) is 0.697. The Morgan fingerprint density at radius 2 is 2.07 bits per heavy atom. The van der Waals surface area contributed by atoms with Gasteiger partial charge in [-0.15, -0.1) is 0 Å². The van der Waals surface area contributed by atoms with E-state index in [1.54, 1.807) is 11.3 Å². The van der Waals surface area contributed by atoms with Crippen molar-refractivity contribution in [3.05, 3.63) is 54.0 Å². The molecule has 152 valence electrons. The number of anilines is 1. The molecule has 1 atom stereocenters. The van der Waals surface area contributed by atoms with E-state index in [2.05, 4.69) is 36.4 Å². The van der Waals surface area contributed by atoms with Gasteiger partial charge in [0.15, 0.2) is 12.0 Å². The lowest BCUT2D eigenvalue weighted by atomic mass is 10.1. The third-order valence-corrected chi connectivity index (χ3v) is 5.88. The van der Waals surface area contributed by atoms with Gasteiger partial charge in [0.1, 0.15) is 5.75 Å². The second kappa shape index (κ2) is 8.39. The van der Waals surface area contributed by atoms with E-state index in [4.69, 9.17) is 9.57 Å². The monoisotopic (exact) mass is 411 g/mol. The van der Waals surface area contributed by atoms with E-state index in [9.17, 15) is 4.79 Å². The Morgan fingerprint density at radius 3 is 2.83 bits per heavy atom. The van der Waals surface area contributed by atoms with Crippen molar-refractivity contribution in [2.24, 2.45) is 5.92 Å². The summed E-state index contributed by atoms with van der Waals surface area (Å²) in [6.45, 7) is 6.96. The number of carbonyl (C=O) groups is 1. The van der Waals surface area contributed by atoms with E-state index in [1.807, 2.05) is 42.0 Å². The lowest BCUT2D eigenvalue weighted by Gasteiger charge is -2.24. The number of fused-ring (bicyclic) bond motifs is 1. The number of nitrogens with zero attached hydrogens (tertiary/aromatic N) is 2. The van der Waals surface area contributed by atoms with Crippen LogP contribution in [0.4, 0.5) is 5.13 Å². The van der Waals surface area contributed by atoms with Crippen LogP contribution < -0.4 is 10.2 Å². The number of ether oxygens (including phenoxy) is 1. The second-order valence-electron chi connectivity index (χ2n) is 7.60. The number of hydrogen-bond donors (Lipinski definition) is 1. The highest BCUT2D eigenvalue weighted by Gasteiger charge is 2.25. The van der Waals surface area contributed by atoms with Gasteiger partial charge in [-0.3, -0.25) is 4.79 Å². The average Bonchev–Trinajstić information content (AvgIpc) is 3.34. The van der Waals surface area contributed by atoms with Crippen LogP contribution in [0.3, 0.4) is 0 Å². The number of rotatable bonds is 7. The van der Waals surface area contributed by atoms with Gasteiger partial charge in [-0.2, -0.15) is 0 Å². The first-order valence-corrected chi connectivity index (χ1v) is 10.7. The highest BCUT2D eigenvalue weighted by molar-refractivity contribution is 7.19. The van der Waals surface area contributed by atoms with Crippen LogP contribution in [0.2, 0.25) is 0 Å². The Labute approximate surface area is 174 Å². The molecule has 0 radical (unpaired) electrons. The van der Waals surface area contributed by atoms with Gasteiger partial charge in [0.25, 0.3) is 0 Å². The molecule has 0 amide bonds. The number of carbonyl (C=O) groups excluding carboxylic acids is 1. The van der Waals surface area contributed by atoms with Crippen molar-refractivity contribution in [1.82, 2.24) is 9.55 Å². The van der Waals surface area contributed by atoms with Gasteiger partial charge >= 0.3 is 0 Å². The third-order valence-electron chi connectivity index (χ3n) is 4.77. The normalized spacial score (nSPS) is 16.1. The summed E-state index contributed by atoms with van der Waals surface area (Å²) in [5.41, 5.74) is 5.72. The van der Waals surface area contributed by atoms with E-state index in [0.717, 1.165) is 21.9 Å². The van der Waals surface area contributed by atoms with Crippen molar-refractivity contribution in [1.29, 1.82) is 0 Å². The molecule has 4 rings (SSSR count). The first-order valence-electron chi connectivity index (χ1n) is 9.83. The molecule has 0 saturated heterocycles. The summed E-state index contributed by atoms with van der Waals surface area (Å²) in [6, 6.07) is 11.8. The van der Waals surface area contributed by atoms with Crippen LogP contribution >= 0.6 is 11.3 Å². The molecule has 7 heteroatoms. The van der Waals surface area contributed by atoms with E-state index in [-0.39, 0.29) is 12.0 Å². The van der Waals surface area contributed by atoms with Crippen molar-refractivity contribution in [2.75, 3.05) is 12.1 Å². The van der Waals surface area contributed by atoms with Crippen molar-refractivity contribution < 1.29 is 14.4 Å². The van der Waals surface area contributed by atoms with Crippen LogP contribution in [-0.4, -0.2) is 21.9 Å². The Kier molecular flexibility index (Phi) is 5.69. The Hall–Kier alpha value is -2.64. The quantitative estimate of drug-likeness (QED) is 0.522. The third kappa shape index (κ3) is 4.36. The molecule has 1 aliphatic heterocycles. The molecule has 0 bridgehead atoms. The lowest BCUT2D eigenvalue weighted by molar-refractivity contribution is 0.0234. The number of aryl methyl sites for hydroxylation is 1. The minimum atomic E-state index is -0.220. The summed E-state index contributed by atoms with van der Waals surface area (Å²) >= 11 is 1.54. The fraction of sp³-hybridized carbons (Fsp3) is 0.364. The summed E-state index contributed by atoms with van der Waals surface area (Å²) in [5.74, 6) is 1.53. The topological polar surface area (TPSA) is 65.4 Å². The average molecular weight is 412 g/mol. The number of Topliss-reactive ketones (excluding diaryl/α,β-unsaturated/α-hetero) is 1. The highest BCUT2D eigenvalue weighted by Crippen LogP contribution is 2.34. The molecule has 0 spiro atoms. The fourth-order valence-electron chi connectivity index (χ4n) is 3.31. The minimum Gasteiger partial charge on any atom is -0.493 e. The van der Waals surface area contributed by atoms with Crippen LogP contribution in [-0.2, 0) is 4.84 Å². The zero-order chi connectivity index (χ0) is 20.4. The van der Waals surface area contributed by atoms with Crippen LogP contribution in [0.1, 0.15) is 49.1 Å². The number of ketones is 1. The molecule has 0 aliphatic carbocycles. The Balaban J connectivity index is 1.42. The van der Waals surface area contributed by atoms with E-state index >= 15 is 0 Å². The molecule has 3 heterocycles. The molecule has 0 fully saturated rings. The zero-order valence-corrected chi connectivity index (χ0v) is 17.7. The molecule has 1 N–H and O–H groups in total. The van der Waals surface area contributed by atoms with E-state index in [0.29, 0.717) is 36.2 Å². The maximum atomic E-state index is 12.0. The molecular formula is C22H25N3O3S. The van der Waals surface area contributed by atoms with Gasteiger partial charge in [-0.1, -0.05) is 25.2 Å². The van der Waals surface area contributed by atoms with Crippen LogP contribution in [0, 0.1) is 12.8 Å². The number of nitrogens with one attached hydrogen (secondary N) is 1. The predicted molar refractivity (Wildman–Crippen MR) is 114 cm³/mol. The first kappa shape index (κ1) is 19.7. The standard InChI is InChI=1S/C22H25N3O3S/c1-14(2)13-27-17-8-6-16(7-9-17)21-15(3)23-22(29-21)24-28-20-11-10-19(26)18-5-4-12-25(18)20/h4-9,12,14,20H,10-11,13H2,1-3H3,(H,23,24). The molecule has 0 saturated carbocycles. The SMILES string of the molecule is Cc1nc(NOC2CCC(=O)c3cccn32)sc1-c1ccc(OCC(C)C)cc1. The summed E-state index contributed by atoms with van der Waals surface area (Å²) in [4.78, 5) is 23.5. The van der Waals surface area contributed by atoms with Gasteiger partial charge in [-0.25, -0.2) is 15.3 Å². The molecule has 1 aliphatic rings.